The SMILES string of the molecule is COc1ccc(C(=O)N[C@@H]2CCCC[C@@H]2C)cc1Br. The fourth-order valence-electron chi connectivity index (χ4n) is 2.59. The summed E-state index contributed by atoms with van der Waals surface area (Å²) in [6.07, 6.45) is 4.78. The van der Waals surface area contributed by atoms with Crippen LogP contribution in [-0.2, 0) is 0 Å². The molecule has 1 aromatic rings. The maximum atomic E-state index is 12.2. The highest BCUT2D eigenvalue weighted by Crippen LogP contribution is 2.27. The number of benzene rings is 1. The molecule has 0 aromatic heterocycles. The van der Waals surface area contributed by atoms with Gasteiger partial charge in [-0.2, -0.15) is 0 Å². The lowest BCUT2D eigenvalue weighted by molar-refractivity contribution is 0.0910. The van der Waals surface area contributed by atoms with Crippen LogP contribution in [-0.4, -0.2) is 19.1 Å². The van der Waals surface area contributed by atoms with E-state index >= 15 is 0 Å². The van der Waals surface area contributed by atoms with E-state index in [2.05, 4.69) is 28.2 Å². The first-order chi connectivity index (χ1) is 9.11. The minimum Gasteiger partial charge on any atom is -0.496 e. The molecule has 2 atom stereocenters. The van der Waals surface area contributed by atoms with Crippen molar-refractivity contribution < 1.29 is 9.53 Å². The second kappa shape index (κ2) is 6.42. The van der Waals surface area contributed by atoms with E-state index in [-0.39, 0.29) is 5.91 Å². The highest BCUT2D eigenvalue weighted by atomic mass is 79.9. The van der Waals surface area contributed by atoms with Crippen molar-refractivity contribution in [1.29, 1.82) is 0 Å². The molecule has 1 amide bonds. The van der Waals surface area contributed by atoms with Gasteiger partial charge in [0.1, 0.15) is 5.75 Å². The van der Waals surface area contributed by atoms with Crippen molar-refractivity contribution in [2.45, 2.75) is 38.6 Å². The molecule has 0 unspecified atom stereocenters. The average molecular weight is 326 g/mol. The number of methoxy groups -OCH3 is 1. The van der Waals surface area contributed by atoms with Crippen LogP contribution in [0.25, 0.3) is 0 Å². The monoisotopic (exact) mass is 325 g/mol. The molecule has 0 aliphatic heterocycles. The number of hydrogen-bond donors (Lipinski definition) is 1. The molecule has 3 nitrogen and oxygen atoms in total. The van der Waals surface area contributed by atoms with E-state index < -0.39 is 0 Å². The van der Waals surface area contributed by atoms with Crippen LogP contribution in [0.3, 0.4) is 0 Å². The molecule has 0 radical (unpaired) electrons. The standard InChI is InChI=1S/C15H20BrNO2/c1-10-5-3-4-6-13(10)17-15(18)11-7-8-14(19-2)12(16)9-11/h7-10,13H,3-6H2,1-2H3,(H,17,18)/t10-,13+/m0/s1. The largest absolute Gasteiger partial charge is 0.496 e. The minimum atomic E-state index is 0.00195. The second-order valence-corrected chi connectivity index (χ2v) is 6.05. The Bertz CT molecular complexity index is 461. The Labute approximate surface area is 122 Å². The summed E-state index contributed by atoms with van der Waals surface area (Å²) in [4.78, 5) is 12.2. The first kappa shape index (κ1) is 14.4. The molecule has 2 rings (SSSR count). The van der Waals surface area contributed by atoms with Crippen LogP contribution in [0.5, 0.6) is 5.75 Å². The maximum absolute atomic E-state index is 12.2. The number of carbonyl (C=O) groups excluding carboxylic acids is 1. The zero-order valence-electron chi connectivity index (χ0n) is 11.4. The lowest BCUT2D eigenvalue weighted by Crippen LogP contribution is -2.41. The molecular weight excluding hydrogens is 306 g/mol. The zero-order chi connectivity index (χ0) is 13.8. The van der Waals surface area contributed by atoms with Gasteiger partial charge in [-0.15, -0.1) is 0 Å². The summed E-state index contributed by atoms with van der Waals surface area (Å²) in [6, 6.07) is 5.72. The molecule has 104 valence electrons. The van der Waals surface area contributed by atoms with E-state index in [0.29, 0.717) is 17.5 Å². The van der Waals surface area contributed by atoms with E-state index in [1.807, 2.05) is 12.1 Å². The fourth-order valence-corrected chi connectivity index (χ4v) is 3.13. The first-order valence-electron chi connectivity index (χ1n) is 6.76. The molecule has 1 saturated carbocycles. The maximum Gasteiger partial charge on any atom is 0.251 e. The Balaban J connectivity index is 2.05. The molecular formula is C15H20BrNO2. The van der Waals surface area contributed by atoms with Gasteiger partial charge in [-0.1, -0.05) is 19.8 Å². The van der Waals surface area contributed by atoms with E-state index in [4.69, 9.17) is 4.74 Å². The summed E-state index contributed by atoms with van der Waals surface area (Å²) >= 11 is 3.41. The highest BCUT2D eigenvalue weighted by Gasteiger charge is 2.23. The number of carbonyl (C=O) groups is 1. The molecule has 0 heterocycles. The number of ether oxygens (including phenoxy) is 1. The molecule has 1 N–H and O–H groups in total. The summed E-state index contributed by atoms with van der Waals surface area (Å²) in [5, 5.41) is 3.15. The van der Waals surface area contributed by atoms with Crippen LogP contribution in [0.1, 0.15) is 43.0 Å². The quantitative estimate of drug-likeness (QED) is 0.918. The van der Waals surface area contributed by atoms with Crippen molar-refractivity contribution in [1.82, 2.24) is 5.32 Å². The Morgan fingerprint density at radius 1 is 1.37 bits per heavy atom. The lowest BCUT2D eigenvalue weighted by Gasteiger charge is -2.29. The van der Waals surface area contributed by atoms with E-state index in [9.17, 15) is 4.79 Å². The highest BCUT2D eigenvalue weighted by molar-refractivity contribution is 9.10. The van der Waals surface area contributed by atoms with Gasteiger partial charge in [-0.3, -0.25) is 4.79 Å². The molecule has 0 bridgehead atoms. The van der Waals surface area contributed by atoms with Gasteiger partial charge in [-0.25, -0.2) is 0 Å². The van der Waals surface area contributed by atoms with Crippen LogP contribution < -0.4 is 10.1 Å². The molecule has 1 aliphatic rings. The van der Waals surface area contributed by atoms with Gasteiger partial charge >= 0.3 is 0 Å². The number of rotatable bonds is 3. The van der Waals surface area contributed by atoms with Gasteiger partial charge in [-0.05, 0) is 52.9 Å². The molecule has 1 aromatic carbocycles. The third-order valence-electron chi connectivity index (χ3n) is 3.84. The molecule has 4 heteroatoms. The third kappa shape index (κ3) is 3.50. The molecule has 19 heavy (non-hydrogen) atoms. The number of hydrogen-bond acceptors (Lipinski definition) is 2. The topological polar surface area (TPSA) is 38.3 Å². The summed E-state index contributed by atoms with van der Waals surface area (Å²) in [5.41, 5.74) is 0.672. The average Bonchev–Trinajstić information content (AvgIpc) is 2.41. The molecule has 1 fully saturated rings. The van der Waals surface area contributed by atoms with Gasteiger partial charge in [0, 0.05) is 11.6 Å². The Hall–Kier alpha value is -1.03. The van der Waals surface area contributed by atoms with Crippen LogP contribution >= 0.6 is 15.9 Å². The Kier molecular flexibility index (Phi) is 4.86. The van der Waals surface area contributed by atoms with E-state index in [0.717, 1.165) is 16.6 Å². The minimum absolute atomic E-state index is 0.00195. The van der Waals surface area contributed by atoms with Crippen molar-refractivity contribution >= 4 is 21.8 Å². The van der Waals surface area contributed by atoms with Crippen LogP contribution in [0, 0.1) is 5.92 Å². The van der Waals surface area contributed by atoms with Crippen molar-refractivity contribution in [3.8, 4) is 5.75 Å². The van der Waals surface area contributed by atoms with Crippen molar-refractivity contribution in [2.75, 3.05) is 7.11 Å². The fraction of sp³-hybridized carbons (Fsp3) is 0.533. The van der Waals surface area contributed by atoms with E-state index in [1.54, 1.807) is 13.2 Å². The third-order valence-corrected chi connectivity index (χ3v) is 4.46. The summed E-state index contributed by atoms with van der Waals surface area (Å²) in [6.45, 7) is 2.22. The normalized spacial score (nSPS) is 22.9. The van der Waals surface area contributed by atoms with E-state index in [1.165, 1.54) is 19.3 Å². The molecule has 0 saturated heterocycles. The Morgan fingerprint density at radius 3 is 2.74 bits per heavy atom. The van der Waals surface area contributed by atoms with Crippen molar-refractivity contribution in [3.05, 3.63) is 28.2 Å². The number of nitrogens with one attached hydrogen (secondary N) is 1. The number of halogens is 1. The Morgan fingerprint density at radius 2 is 2.11 bits per heavy atom. The van der Waals surface area contributed by atoms with Crippen molar-refractivity contribution in [2.24, 2.45) is 5.92 Å². The van der Waals surface area contributed by atoms with Crippen LogP contribution in [0.2, 0.25) is 0 Å². The predicted octanol–water partition coefficient (Wildman–Crippen LogP) is 3.77. The van der Waals surface area contributed by atoms with Gasteiger partial charge in [0.15, 0.2) is 0 Å². The molecule has 0 spiro atoms. The zero-order valence-corrected chi connectivity index (χ0v) is 13.0. The summed E-state index contributed by atoms with van der Waals surface area (Å²) in [5.74, 6) is 1.31. The summed E-state index contributed by atoms with van der Waals surface area (Å²) < 4.78 is 5.97. The van der Waals surface area contributed by atoms with Gasteiger partial charge in [0.05, 0.1) is 11.6 Å². The van der Waals surface area contributed by atoms with Gasteiger partial charge < -0.3 is 10.1 Å². The van der Waals surface area contributed by atoms with Gasteiger partial charge in [0.25, 0.3) is 5.91 Å². The smallest absolute Gasteiger partial charge is 0.251 e. The predicted molar refractivity (Wildman–Crippen MR) is 79.6 cm³/mol. The number of amides is 1. The van der Waals surface area contributed by atoms with Crippen LogP contribution in [0.4, 0.5) is 0 Å². The summed E-state index contributed by atoms with van der Waals surface area (Å²) in [7, 11) is 1.61. The molecule has 1 aliphatic carbocycles. The van der Waals surface area contributed by atoms with Crippen LogP contribution in [0.15, 0.2) is 22.7 Å². The second-order valence-electron chi connectivity index (χ2n) is 5.19. The van der Waals surface area contributed by atoms with Crippen molar-refractivity contribution in [3.63, 3.8) is 0 Å². The van der Waals surface area contributed by atoms with Gasteiger partial charge in [0.2, 0.25) is 0 Å². The first-order valence-corrected chi connectivity index (χ1v) is 7.55. The lowest BCUT2D eigenvalue weighted by atomic mass is 9.86.